The van der Waals surface area contributed by atoms with E-state index in [4.69, 9.17) is 4.74 Å². The van der Waals surface area contributed by atoms with Gasteiger partial charge in [-0.1, -0.05) is 30.4 Å². The number of hydrogen-bond acceptors (Lipinski definition) is 2. The van der Waals surface area contributed by atoms with Crippen LogP contribution >= 0.6 is 0 Å². The fourth-order valence-electron chi connectivity index (χ4n) is 1.37. The standard InChI is InChI=1S/C14H19NO2/c1-4-5-11-15(14(16)17-12(2)3)13-9-7-6-8-10-13/h4-10,12H,11H2,1-3H3. The number of rotatable bonds is 4. The lowest BCUT2D eigenvalue weighted by Crippen LogP contribution is -2.33. The Hall–Kier alpha value is -1.77. The number of carbonyl (C=O) groups is 1. The lowest BCUT2D eigenvalue weighted by molar-refractivity contribution is 0.123. The van der Waals surface area contributed by atoms with Gasteiger partial charge < -0.3 is 4.74 Å². The number of nitrogens with zero attached hydrogens (tertiary/aromatic N) is 1. The van der Waals surface area contributed by atoms with Crippen LogP contribution in [0.2, 0.25) is 0 Å². The third kappa shape index (κ3) is 4.31. The van der Waals surface area contributed by atoms with Crippen LogP contribution in [0.15, 0.2) is 42.5 Å². The van der Waals surface area contributed by atoms with Crippen LogP contribution in [0, 0.1) is 0 Å². The quantitative estimate of drug-likeness (QED) is 0.743. The van der Waals surface area contributed by atoms with Crippen molar-refractivity contribution in [1.82, 2.24) is 0 Å². The fraction of sp³-hybridized carbons (Fsp3) is 0.357. The summed E-state index contributed by atoms with van der Waals surface area (Å²) < 4.78 is 5.22. The Labute approximate surface area is 103 Å². The molecule has 0 aliphatic rings. The molecule has 0 fully saturated rings. The second-order valence-corrected chi connectivity index (χ2v) is 3.95. The number of benzene rings is 1. The molecule has 0 radical (unpaired) electrons. The third-order valence-corrected chi connectivity index (χ3v) is 2.15. The highest BCUT2D eigenvalue weighted by Crippen LogP contribution is 2.15. The van der Waals surface area contributed by atoms with Gasteiger partial charge in [0, 0.05) is 12.2 Å². The maximum atomic E-state index is 11.9. The number of allylic oxidation sites excluding steroid dienone is 1. The average Bonchev–Trinajstić information content (AvgIpc) is 2.30. The third-order valence-electron chi connectivity index (χ3n) is 2.15. The second kappa shape index (κ2) is 6.74. The van der Waals surface area contributed by atoms with E-state index in [0.717, 1.165) is 5.69 Å². The molecule has 1 rings (SSSR count). The highest BCUT2D eigenvalue weighted by Gasteiger charge is 2.16. The molecule has 0 heterocycles. The van der Waals surface area contributed by atoms with E-state index in [1.807, 2.05) is 63.3 Å². The van der Waals surface area contributed by atoms with Crippen LogP contribution in [0.5, 0.6) is 0 Å². The first-order valence-corrected chi connectivity index (χ1v) is 5.79. The predicted molar refractivity (Wildman–Crippen MR) is 70.2 cm³/mol. The Kier molecular flexibility index (Phi) is 5.27. The minimum absolute atomic E-state index is 0.112. The minimum atomic E-state index is -0.315. The van der Waals surface area contributed by atoms with Crippen molar-refractivity contribution in [3.05, 3.63) is 42.5 Å². The molecule has 0 bridgehead atoms. The summed E-state index contributed by atoms with van der Waals surface area (Å²) in [6.45, 7) is 6.14. The molecule has 0 N–H and O–H groups in total. The van der Waals surface area contributed by atoms with Crippen molar-refractivity contribution in [3.8, 4) is 0 Å². The van der Waals surface area contributed by atoms with E-state index >= 15 is 0 Å². The van der Waals surface area contributed by atoms with Crippen molar-refractivity contribution in [2.75, 3.05) is 11.4 Å². The van der Waals surface area contributed by atoms with Gasteiger partial charge in [0.05, 0.1) is 6.10 Å². The number of hydrogen-bond donors (Lipinski definition) is 0. The monoisotopic (exact) mass is 233 g/mol. The van der Waals surface area contributed by atoms with Crippen molar-refractivity contribution in [2.24, 2.45) is 0 Å². The molecule has 3 nitrogen and oxygen atoms in total. The van der Waals surface area contributed by atoms with E-state index in [-0.39, 0.29) is 12.2 Å². The van der Waals surface area contributed by atoms with E-state index < -0.39 is 0 Å². The molecular formula is C14H19NO2. The van der Waals surface area contributed by atoms with E-state index in [2.05, 4.69) is 0 Å². The summed E-state index contributed by atoms with van der Waals surface area (Å²) in [6, 6.07) is 9.52. The summed E-state index contributed by atoms with van der Waals surface area (Å²) in [5, 5.41) is 0. The Morgan fingerprint density at radius 3 is 2.53 bits per heavy atom. The number of amides is 1. The molecule has 0 saturated carbocycles. The first-order chi connectivity index (χ1) is 8.15. The Morgan fingerprint density at radius 1 is 1.35 bits per heavy atom. The van der Waals surface area contributed by atoms with E-state index in [1.165, 1.54) is 0 Å². The van der Waals surface area contributed by atoms with E-state index in [0.29, 0.717) is 6.54 Å². The molecule has 0 saturated heterocycles. The molecule has 1 amide bonds. The van der Waals surface area contributed by atoms with Crippen molar-refractivity contribution >= 4 is 11.8 Å². The molecule has 0 aromatic heterocycles. The molecule has 0 aliphatic carbocycles. The molecule has 3 heteroatoms. The van der Waals surface area contributed by atoms with Gasteiger partial charge in [-0.2, -0.15) is 0 Å². The Morgan fingerprint density at radius 2 is 2.00 bits per heavy atom. The first kappa shape index (κ1) is 13.3. The van der Waals surface area contributed by atoms with Crippen molar-refractivity contribution in [2.45, 2.75) is 26.9 Å². The number of para-hydroxylation sites is 1. The van der Waals surface area contributed by atoms with Gasteiger partial charge in [0.25, 0.3) is 0 Å². The van der Waals surface area contributed by atoms with Crippen LogP contribution in [0.4, 0.5) is 10.5 Å². The highest BCUT2D eigenvalue weighted by molar-refractivity contribution is 5.87. The Balaban J connectivity index is 2.84. The molecule has 1 aromatic carbocycles. The molecule has 0 aliphatic heterocycles. The van der Waals surface area contributed by atoms with Gasteiger partial charge in [-0.25, -0.2) is 4.79 Å². The van der Waals surface area contributed by atoms with Gasteiger partial charge in [0.15, 0.2) is 0 Å². The van der Waals surface area contributed by atoms with Gasteiger partial charge in [0.2, 0.25) is 0 Å². The lowest BCUT2D eigenvalue weighted by Gasteiger charge is -2.22. The Bertz CT molecular complexity index is 371. The normalized spacial score (nSPS) is 10.8. The predicted octanol–water partition coefficient (Wildman–Crippen LogP) is 3.61. The van der Waals surface area contributed by atoms with Crippen LogP contribution in [0.25, 0.3) is 0 Å². The summed E-state index contributed by atoms with van der Waals surface area (Å²) in [5.74, 6) is 0. The molecule has 0 unspecified atom stereocenters. The zero-order valence-electron chi connectivity index (χ0n) is 10.6. The number of carbonyl (C=O) groups excluding carboxylic acids is 1. The average molecular weight is 233 g/mol. The number of ether oxygens (including phenoxy) is 1. The molecular weight excluding hydrogens is 214 g/mol. The van der Waals surface area contributed by atoms with E-state index in [9.17, 15) is 4.79 Å². The highest BCUT2D eigenvalue weighted by atomic mass is 16.6. The lowest BCUT2D eigenvalue weighted by atomic mass is 10.3. The van der Waals surface area contributed by atoms with Crippen LogP contribution in [-0.2, 0) is 4.74 Å². The molecule has 0 atom stereocenters. The van der Waals surface area contributed by atoms with Crippen LogP contribution in [-0.4, -0.2) is 18.7 Å². The van der Waals surface area contributed by atoms with Gasteiger partial charge in [-0.3, -0.25) is 4.90 Å². The first-order valence-electron chi connectivity index (χ1n) is 5.79. The zero-order valence-corrected chi connectivity index (χ0v) is 10.6. The maximum Gasteiger partial charge on any atom is 0.414 e. The van der Waals surface area contributed by atoms with Gasteiger partial charge in [-0.15, -0.1) is 0 Å². The van der Waals surface area contributed by atoms with Crippen LogP contribution in [0.3, 0.4) is 0 Å². The number of anilines is 1. The van der Waals surface area contributed by atoms with Crippen molar-refractivity contribution < 1.29 is 9.53 Å². The molecule has 1 aromatic rings. The smallest absolute Gasteiger partial charge is 0.414 e. The molecule has 0 spiro atoms. The minimum Gasteiger partial charge on any atom is -0.446 e. The zero-order chi connectivity index (χ0) is 12.7. The summed E-state index contributed by atoms with van der Waals surface area (Å²) >= 11 is 0. The summed E-state index contributed by atoms with van der Waals surface area (Å²) in [5.41, 5.74) is 0.844. The summed E-state index contributed by atoms with van der Waals surface area (Å²) in [7, 11) is 0. The molecule has 92 valence electrons. The fourth-order valence-corrected chi connectivity index (χ4v) is 1.37. The topological polar surface area (TPSA) is 29.5 Å². The summed E-state index contributed by atoms with van der Waals surface area (Å²) in [6.07, 6.45) is 3.41. The maximum absolute atomic E-state index is 11.9. The van der Waals surface area contributed by atoms with Crippen molar-refractivity contribution in [3.63, 3.8) is 0 Å². The van der Waals surface area contributed by atoms with Gasteiger partial charge in [0.1, 0.15) is 0 Å². The SMILES string of the molecule is CC=CCN(C(=O)OC(C)C)c1ccccc1. The van der Waals surface area contributed by atoms with Gasteiger partial charge >= 0.3 is 6.09 Å². The summed E-state index contributed by atoms with van der Waals surface area (Å²) in [4.78, 5) is 13.5. The van der Waals surface area contributed by atoms with E-state index in [1.54, 1.807) is 4.90 Å². The van der Waals surface area contributed by atoms with Crippen molar-refractivity contribution in [1.29, 1.82) is 0 Å². The largest absolute Gasteiger partial charge is 0.446 e. The van der Waals surface area contributed by atoms with Crippen LogP contribution < -0.4 is 4.90 Å². The second-order valence-electron chi connectivity index (χ2n) is 3.95. The molecule has 17 heavy (non-hydrogen) atoms. The van der Waals surface area contributed by atoms with Crippen LogP contribution in [0.1, 0.15) is 20.8 Å². The van der Waals surface area contributed by atoms with Gasteiger partial charge in [-0.05, 0) is 32.9 Å².